The molecule has 27 heavy (non-hydrogen) atoms. The molecular weight excluding hydrogens is 429 g/mol. The zero-order valence-electron chi connectivity index (χ0n) is 14.9. The minimum absolute atomic E-state index is 0.276. The Morgan fingerprint density at radius 2 is 1.44 bits per heavy atom. The molecule has 0 bridgehead atoms. The first-order valence-corrected chi connectivity index (χ1v) is 11.7. The summed E-state index contributed by atoms with van der Waals surface area (Å²) in [7, 11) is -13.9. The highest BCUT2D eigenvalue weighted by Gasteiger charge is 2.62. The van der Waals surface area contributed by atoms with Crippen molar-refractivity contribution in [3.05, 3.63) is 24.3 Å². The van der Waals surface area contributed by atoms with E-state index >= 15 is 4.39 Å². The second kappa shape index (κ2) is 7.50. The lowest BCUT2D eigenvalue weighted by atomic mass is 10.1. The molecule has 0 amide bonds. The second-order valence-corrected chi connectivity index (χ2v) is 11.7. The van der Waals surface area contributed by atoms with Gasteiger partial charge in [-0.25, -0.2) is 4.39 Å². The highest BCUT2D eigenvalue weighted by Crippen LogP contribution is 2.39. The molecule has 0 fully saturated rings. The van der Waals surface area contributed by atoms with Crippen LogP contribution in [0.15, 0.2) is 24.3 Å². The molecule has 0 spiro atoms. The van der Waals surface area contributed by atoms with Gasteiger partial charge in [0, 0.05) is 6.07 Å². The molecule has 0 saturated heterocycles. The molecule has 0 aliphatic rings. The van der Waals surface area contributed by atoms with Crippen LogP contribution in [-0.4, -0.2) is 40.8 Å². The van der Waals surface area contributed by atoms with E-state index in [1.165, 1.54) is 19.1 Å². The average molecular weight is 450 g/mol. The summed E-state index contributed by atoms with van der Waals surface area (Å²) in [5.74, 6) is 3.50. The van der Waals surface area contributed by atoms with E-state index in [2.05, 4.69) is 14.4 Å². The van der Waals surface area contributed by atoms with Gasteiger partial charge in [-0.1, -0.05) is 6.07 Å². The molecule has 1 atom stereocenters. The van der Waals surface area contributed by atoms with Crippen LogP contribution in [-0.2, 0) is 34.6 Å². The third-order valence-electron chi connectivity index (χ3n) is 3.88. The maximum absolute atomic E-state index is 15.1. The number of alkyl halides is 1. The molecular formula is C13H20FNO9S3. The summed E-state index contributed by atoms with van der Waals surface area (Å²) < 4.78 is 96.8. The van der Waals surface area contributed by atoms with Gasteiger partial charge in [0.25, 0.3) is 15.1 Å². The van der Waals surface area contributed by atoms with Crippen LogP contribution in [0, 0.1) is 0 Å². The topological polar surface area (TPSA) is 156 Å². The fraction of sp³-hybridized carbons (Fsp3) is 0.538. The largest absolute Gasteiger partial charge is 0.382 e. The van der Waals surface area contributed by atoms with E-state index in [1.54, 1.807) is 0 Å². The van der Waals surface area contributed by atoms with E-state index in [-0.39, 0.29) is 11.5 Å². The number of halogens is 1. The van der Waals surface area contributed by atoms with E-state index in [9.17, 15) is 25.3 Å². The molecule has 14 heteroatoms. The lowest BCUT2D eigenvalue weighted by molar-refractivity contribution is 0.197. The molecule has 0 saturated carbocycles. The van der Waals surface area contributed by atoms with Crippen molar-refractivity contribution in [2.24, 2.45) is 5.90 Å². The van der Waals surface area contributed by atoms with Gasteiger partial charge in [0.1, 0.15) is 16.2 Å². The molecule has 1 unspecified atom stereocenters. The smallest absolute Gasteiger partial charge is 0.346 e. The SMILES string of the molecule is CCS(=O)(=O)Oc1cccc(OS(=O)(=O)C(C)(F)C(C)(C)S(=O)(=O)ON)c1. The molecule has 0 aliphatic heterocycles. The van der Waals surface area contributed by atoms with Crippen LogP contribution >= 0.6 is 0 Å². The quantitative estimate of drug-likeness (QED) is 0.422. The average Bonchev–Trinajstić information content (AvgIpc) is 2.53. The van der Waals surface area contributed by atoms with Gasteiger partial charge in [0.05, 0.1) is 5.75 Å². The van der Waals surface area contributed by atoms with Crippen LogP contribution < -0.4 is 14.3 Å². The second-order valence-electron chi connectivity index (χ2n) is 5.92. The molecule has 2 N–H and O–H groups in total. The van der Waals surface area contributed by atoms with Crippen LogP contribution in [0.4, 0.5) is 4.39 Å². The molecule has 0 radical (unpaired) electrons. The van der Waals surface area contributed by atoms with Crippen LogP contribution in [0.2, 0.25) is 0 Å². The first-order valence-electron chi connectivity index (χ1n) is 7.31. The van der Waals surface area contributed by atoms with Gasteiger partial charge in [-0.15, -0.1) is 0 Å². The summed E-state index contributed by atoms with van der Waals surface area (Å²) in [6.07, 6.45) is 0. The molecule has 1 rings (SSSR count). The molecule has 1 aromatic rings. The van der Waals surface area contributed by atoms with Crippen molar-refractivity contribution in [2.45, 2.75) is 37.4 Å². The van der Waals surface area contributed by atoms with Crippen molar-refractivity contribution in [1.29, 1.82) is 0 Å². The molecule has 156 valence electrons. The van der Waals surface area contributed by atoms with E-state index < -0.39 is 45.9 Å². The fourth-order valence-corrected chi connectivity index (χ4v) is 4.56. The van der Waals surface area contributed by atoms with Crippen LogP contribution in [0.1, 0.15) is 27.7 Å². The predicted octanol–water partition coefficient (Wildman–Crippen LogP) is 0.808. The molecule has 1 aromatic carbocycles. The summed E-state index contributed by atoms with van der Waals surface area (Å²) in [6.45, 7) is 3.31. The number of benzene rings is 1. The molecule has 0 aliphatic carbocycles. The minimum atomic E-state index is -5.22. The van der Waals surface area contributed by atoms with Crippen LogP contribution in [0.3, 0.4) is 0 Å². The fourth-order valence-electron chi connectivity index (χ4n) is 1.63. The third-order valence-corrected chi connectivity index (χ3v) is 8.92. The van der Waals surface area contributed by atoms with Crippen LogP contribution in [0.25, 0.3) is 0 Å². The van der Waals surface area contributed by atoms with Crippen LogP contribution in [0.5, 0.6) is 11.5 Å². The lowest BCUT2D eigenvalue weighted by Gasteiger charge is -2.33. The minimum Gasteiger partial charge on any atom is -0.382 e. The summed E-state index contributed by atoms with van der Waals surface area (Å²) in [4.78, 5) is 0. The van der Waals surface area contributed by atoms with Crippen molar-refractivity contribution < 1.29 is 42.3 Å². The van der Waals surface area contributed by atoms with Gasteiger partial charge in [0.2, 0.25) is 0 Å². The van der Waals surface area contributed by atoms with Crippen molar-refractivity contribution in [1.82, 2.24) is 0 Å². The van der Waals surface area contributed by atoms with E-state index in [0.717, 1.165) is 26.0 Å². The predicted molar refractivity (Wildman–Crippen MR) is 93.9 cm³/mol. The summed E-state index contributed by atoms with van der Waals surface area (Å²) in [5, 5.41) is -3.50. The van der Waals surface area contributed by atoms with Gasteiger partial charge in [-0.3, -0.25) is 0 Å². The number of hydrogen-bond acceptors (Lipinski definition) is 10. The first kappa shape index (κ1) is 23.6. The Kier molecular flexibility index (Phi) is 6.55. The Labute approximate surface area is 157 Å². The van der Waals surface area contributed by atoms with Crippen molar-refractivity contribution in [2.75, 3.05) is 5.75 Å². The van der Waals surface area contributed by atoms with Gasteiger partial charge in [-0.2, -0.15) is 35.4 Å². The van der Waals surface area contributed by atoms with E-state index in [1.807, 2.05) is 0 Å². The van der Waals surface area contributed by atoms with Crippen molar-refractivity contribution in [3.8, 4) is 11.5 Å². The summed E-state index contributed by atoms with van der Waals surface area (Å²) in [5.41, 5.74) is 0. The number of hydrogen-bond donors (Lipinski definition) is 1. The van der Waals surface area contributed by atoms with Gasteiger partial charge < -0.3 is 8.37 Å². The summed E-state index contributed by atoms with van der Waals surface area (Å²) in [6, 6.07) is 4.38. The zero-order valence-corrected chi connectivity index (χ0v) is 17.3. The molecule has 10 nitrogen and oxygen atoms in total. The van der Waals surface area contributed by atoms with Gasteiger partial charge in [-0.05, 0) is 39.8 Å². The molecule has 0 aromatic heterocycles. The highest BCUT2D eigenvalue weighted by molar-refractivity contribution is 7.92. The maximum atomic E-state index is 15.1. The number of nitrogens with two attached hydrogens (primary N) is 1. The Morgan fingerprint density at radius 1 is 0.963 bits per heavy atom. The Morgan fingerprint density at radius 3 is 1.89 bits per heavy atom. The van der Waals surface area contributed by atoms with E-state index in [4.69, 9.17) is 4.18 Å². The highest BCUT2D eigenvalue weighted by atomic mass is 32.2. The first-order chi connectivity index (χ1) is 12.0. The Hall–Kier alpha value is -1.48. The zero-order chi connectivity index (χ0) is 21.3. The van der Waals surface area contributed by atoms with E-state index in [0.29, 0.717) is 6.92 Å². The maximum Gasteiger partial charge on any atom is 0.346 e. The normalized spacial score (nSPS) is 15.8. The van der Waals surface area contributed by atoms with Gasteiger partial charge in [0.15, 0.2) is 0 Å². The van der Waals surface area contributed by atoms with Crippen molar-refractivity contribution >= 4 is 30.4 Å². The monoisotopic (exact) mass is 449 g/mol. The lowest BCUT2D eigenvalue weighted by Crippen LogP contribution is -2.56. The Balaban J connectivity index is 3.28. The number of rotatable bonds is 9. The third kappa shape index (κ3) is 4.68. The summed E-state index contributed by atoms with van der Waals surface area (Å²) >= 11 is 0. The van der Waals surface area contributed by atoms with Gasteiger partial charge >= 0.3 is 20.2 Å². The Bertz CT molecular complexity index is 999. The standard InChI is InChI=1S/C13H20FNO9S3/c1-5-25(16,17)22-10-7-6-8-11(9-10)23-27(20,21)13(4,14)12(2,3)26(18,19)24-15/h6-9H,5,15H2,1-4H3. The molecule has 0 heterocycles. The van der Waals surface area contributed by atoms with Crippen molar-refractivity contribution in [3.63, 3.8) is 0 Å².